The van der Waals surface area contributed by atoms with E-state index in [-0.39, 0.29) is 24.8 Å². The SMILES string of the molecule is COc1ccc(-n2nnnc2C)cc1CNC1CCCNC1c1ccc(C)cc1.Cl.Cl. The van der Waals surface area contributed by atoms with Gasteiger partial charge in [0.25, 0.3) is 0 Å². The number of tetrazole rings is 1. The lowest BCUT2D eigenvalue weighted by Crippen LogP contribution is -2.45. The van der Waals surface area contributed by atoms with Crippen LogP contribution in [0.5, 0.6) is 5.75 Å². The molecule has 0 saturated carbocycles. The maximum atomic E-state index is 5.60. The van der Waals surface area contributed by atoms with Gasteiger partial charge >= 0.3 is 0 Å². The van der Waals surface area contributed by atoms with E-state index in [0.29, 0.717) is 18.6 Å². The molecule has 0 radical (unpaired) electrons. The van der Waals surface area contributed by atoms with E-state index in [1.807, 2.05) is 19.1 Å². The summed E-state index contributed by atoms with van der Waals surface area (Å²) < 4.78 is 7.33. The van der Waals surface area contributed by atoms with Crippen molar-refractivity contribution in [1.82, 2.24) is 30.8 Å². The number of nitrogens with one attached hydrogen (secondary N) is 2. The molecule has 31 heavy (non-hydrogen) atoms. The summed E-state index contributed by atoms with van der Waals surface area (Å²) in [5.41, 5.74) is 4.64. The molecular weight excluding hydrogens is 435 g/mol. The molecule has 168 valence electrons. The fourth-order valence-corrected chi connectivity index (χ4v) is 3.98. The van der Waals surface area contributed by atoms with Gasteiger partial charge in [0.15, 0.2) is 5.82 Å². The van der Waals surface area contributed by atoms with Crippen molar-refractivity contribution in [3.63, 3.8) is 0 Å². The molecule has 2 unspecified atom stereocenters. The fourth-order valence-electron chi connectivity index (χ4n) is 3.98. The Balaban J connectivity index is 0.00000171. The first-order valence-corrected chi connectivity index (χ1v) is 10.1. The Kier molecular flexibility index (Phi) is 9.25. The second kappa shape index (κ2) is 11.4. The molecule has 2 aromatic carbocycles. The highest BCUT2D eigenvalue weighted by molar-refractivity contribution is 5.85. The molecule has 4 rings (SSSR count). The summed E-state index contributed by atoms with van der Waals surface area (Å²) in [4.78, 5) is 0. The van der Waals surface area contributed by atoms with E-state index < -0.39 is 0 Å². The van der Waals surface area contributed by atoms with Crippen molar-refractivity contribution >= 4 is 24.8 Å². The summed E-state index contributed by atoms with van der Waals surface area (Å²) in [7, 11) is 1.71. The van der Waals surface area contributed by atoms with Crippen molar-refractivity contribution in [2.45, 2.75) is 45.3 Å². The molecule has 0 amide bonds. The molecule has 9 heteroatoms. The lowest BCUT2D eigenvalue weighted by Gasteiger charge is -2.34. The summed E-state index contributed by atoms with van der Waals surface area (Å²) in [5.74, 6) is 1.62. The Morgan fingerprint density at radius 1 is 1.13 bits per heavy atom. The van der Waals surface area contributed by atoms with Gasteiger partial charge in [-0.15, -0.1) is 29.9 Å². The summed E-state index contributed by atoms with van der Waals surface area (Å²) >= 11 is 0. The largest absolute Gasteiger partial charge is 0.496 e. The average molecular weight is 465 g/mol. The van der Waals surface area contributed by atoms with Crippen molar-refractivity contribution < 1.29 is 4.74 Å². The number of rotatable bonds is 6. The molecule has 0 spiro atoms. The van der Waals surface area contributed by atoms with Crippen molar-refractivity contribution in [2.75, 3.05) is 13.7 Å². The summed E-state index contributed by atoms with van der Waals surface area (Å²) in [6, 6.07) is 15.5. The number of aryl methyl sites for hydroxylation is 2. The molecule has 0 bridgehead atoms. The predicted molar refractivity (Wildman–Crippen MR) is 127 cm³/mol. The standard InChI is InChI=1S/C22H28N6O.2ClH/c1-15-6-8-17(9-7-15)22-20(5-4-12-23-22)24-14-18-13-19(10-11-21(18)29-3)28-16(2)25-26-27-28;;/h6-11,13,20,22-24H,4-5,12,14H2,1-3H3;2*1H. The lowest BCUT2D eigenvalue weighted by molar-refractivity contribution is 0.303. The maximum absolute atomic E-state index is 5.60. The van der Waals surface area contributed by atoms with Crippen LogP contribution < -0.4 is 15.4 Å². The van der Waals surface area contributed by atoms with Gasteiger partial charge in [0, 0.05) is 24.2 Å². The van der Waals surface area contributed by atoms with Crippen LogP contribution in [0.2, 0.25) is 0 Å². The highest BCUT2D eigenvalue weighted by Gasteiger charge is 2.26. The molecule has 3 aromatic rings. The first-order chi connectivity index (χ1) is 14.2. The number of methoxy groups -OCH3 is 1. The Bertz CT molecular complexity index is 963. The topological polar surface area (TPSA) is 76.9 Å². The van der Waals surface area contributed by atoms with Crippen molar-refractivity contribution in [1.29, 1.82) is 0 Å². The van der Waals surface area contributed by atoms with Crippen LogP contribution in [0.1, 0.15) is 41.4 Å². The summed E-state index contributed by atoms with van der Waals surface area (Å²) in [6.45, 7) is 5.78. The van der Waals surface area contributed by atoms with Crippen LogP contribution in [-0.2, 0) is 6.54 Å². The highest BCUT2D eigenvalue weighted by Crippen LogP contribution is 2.26. The van der Waals surface area contributed by atoms with Gasteiger partial charge in [-0.1, -0.05) is 29.8 Å². The third-order valence-electron chi connectivity index (χ3n) is 5.58. The van der Waals surface area contributed by atoms with Gasteiger partial charge in [-0.3, -0.25) is 0 Å². The fraction of sp³-hybridized carbons (Fsp3) is 0.409. The van der Waals surface area contributed by atoms with Crippen molar-refractivity contribution in [3.05, 3.63) is 65.0 Å². The van der Waals surface area contributed by atoms with E-state index in [4.69, 9.17) is 4.74 Å². The minimum Gasteiger partial charge on any atom is -0.496 e. The Morgan fingerprint density at radius 2 is 1.90 bits per heavy atom. The number of benzene rings is 2. The first kappa shape index (κ1) is 25.1. The Labute approximate surface area is 195 Å². The van der Waals surface area contributed by atoms with Gasteiger partial charge < -0.3 is 15.4 Å². The third-order valence-corrected chi connectivity index (χ3v) is 5.58. The zero-order chi connectivity index (χ0) is 20.2. The van der Waals surface area contributed by atoms with E-state index in [1.54, 1.807) is 11.8 Å². The van der Waals surface area contributed by atoms with E-state index in [9.17, 15) is 0 Å². The van der Waals surface area contributed by atoms with Crippen LogP contribution in [0.3, 0.4) is 0 Å². The zero-order valence-electron chi connectivity index (χ0n) is 18.0. The van der Waals surface area contributed by atoms with E-state index in [1.165, 1.54) is 17.5 Å². The van der Waals surface area contributed by atoms with Crippen LogP contribution in [-0.4, -0.2) is 39.9 Å². The Morgan fingerprint density at radius 3 is 2.58 bits per heavy atom. The normalized spacial score (nSPS) is 18.0. The highest BCUT2D eigenvalue weighted by atomic mass is 35.5. The van der Waals surface area contributed by atoms with E-state index in [2.05, 4.69) is 63.4 Å². The molecule has 1 aromatic heterocycles. The molecule has 1 saturated heterocycles. The maximum Gasteiger partial charge on any atom is 0.153 e. The monoisotopic (exact) mass is 464 g/mol. The van der Waals surface area contributed by atoms with Gasteiger partial charge in [-0.2, -0.15) is 4.68 Å². The van der Waals surface area contributed by atoms with Crippen molar-refractivity contribution in [3.8, 4) is 11.4 Å². The van der Waals surface area contributed by atoms with Gasteiger partial charge in [0.2, 0.25) is 0 Å². The molecule has 7 nitrogen and oxygen atoms in total. The van der Waals surface area contributed by atoms with Crippen LogP contribution >= 0.6 is 24.8 Å². The van der Waals surface area contributed by atoms with Gasteiger partial charge in [0.1, 0.15) is 5.75 Å². The van der Waals surface area contributed by atoms with Gasteiger partial charge in [0.05, 0.1) is 12.8 Å². The predicted octanol–water partition coefficient (Wildman–Crippen LogP) is 3.71. The zero-order valence-corrected chi connectivity index (χ0v) is 19.7. The molecule has 0 aliphatic carbocycles. The number of piperidine rings is 1. The quantitative estimate of drug-likeness (QED) is 0.578. The number of aromatic nitrogens is 4. The second-order valence-corrected chi connectivity index (χ2v) is 7.61. The summed E-state index contributed by atoms with van der Waals surface area (Å²) in [6.07, 6.45) is 2.31. The number of hydrogen-bond donors (Lipinski definition) is 2. The molecule has 2 heterocycles. The average Bonchev–Trinajstić information content (AvgIpc) is 3.19. The number of ether oxygens (including phenoxy) is 1. The third kappa shape index (κ3) is 5.74. The van der Waals surface area contributed by atoms with E-state index in [0.717, 1.165) is 35.8 Å². The molecule has 2 atom stereocenters. The van der Waals surface area contributed by atoms with Gasteiger partial charge in [-0.25, -0.2) is 0 Å². The number of nitrogens with zero attached hydrogens (tertiary/aromatic N) is 4. The number of hydrogen-bond acceptors (Lipinski definition) is 6. The molecule has 1 fully saturated rings. The Hall–Kier alpha value is -2.19. The van der Waals surface area contributed by atoms with E-state index >= 15 is 0 Å². The van der Waals surface area contributed by atoms with Crippen LogP contribution in [0.4, 0.5) is 0 Å². The minimum absolute atomic E-state index is 0. The smallest absolute Gasteiger partial charge is 0.153 e. The van der Waals surface area contributed by atoms with Crippen LogP contribution in [0.25, 0.3) is 5.69 Å². The second-order valence-electron chi connectivity index (χ2n) is 7.61. The lowest BCUT2D eigenvalue weighted by atomic mass is 9.91. The van der Waals surface area contributed by atoms with Crippen LogP contribution in [0, 0.1) is 13.8 Å². The summed E-state index contributed by atoms with van der Waals surface area (Å²) in [5, 5.41) is 19.3. The molecule has 1 aliphatic rings. The first-order valence-electron chi connectivity index (χ1n) is 10.1. The molecule has 2 N–H and O–H groups in total. The molecular formula is C22H30Cl2N6O. The van der Waals surface area contributed by atoms with Crippen LogP contribution in [0.15, 0.2) is 42.5 Å². The van der Waals surface area contributed by atoms with Gasteiger partial charge in [-0.05, 0) is 67.4 Å². The number of halogens is 2. The molecule has 1 aliphatic heterocycles. The minimum atomic E-state index is 0. The van der Waals surface area contributed by atoms with Crippen molar-refractivity contribution in [2.24, 2.45) is 0 Å².